The molecular formula is C20H23N3O3. The van der Waals surface area contributed by atoms with Crippen LogP contribution in [0.5, 0.6) is 0 Å². The van der Waals surface area contributed by atoms with Crippen molar-refractivity contribution in [3.63, 3.8) is 0 Å². The van der Waals surface area contributed by atoms with E-state index in [-0.39, 0.29) is 18.4 Å². The number of anilines is 2. The first-order valence-corrected chi connectivity index (χ1v) is 8.66. The highest BCUT2D eigenvalue weighted by Gasteiger charge is 2.15. The van der Waals surface area contributed by atoms with Crippen LogP contribution in [0.25, 0.3) is 0 Å². The molecule has 3 rings (SSSR count). The molecule has 0 unspecified atom stereocenters. The van der Waals surface area contributed by atoms with Crippen LogP contribution in [0, 0.1) is 0 Å². The number of hydrogen-bond acceptors (Lipinski definition) is 4. The lowest BCUT2D eigenvalue weighted by molar-refractivity contribution is -0.116. The molecule has 6 nitrogen and oxygen atoms in total. The van der Waals surface area contributed by atoms with E-state index in [2.05, 4.69) is 10.2 Å². The fraction of sp³-hybridized carbons (Fsp3) is 0.300. The van der Waals surface area contributed by atoms with E-state index in [0.29, 0.717) is 11.3 Å². The topological polar surface area (TPSA) is 61.9 Å². The molecular weight excluding hydrogens is 330 g/mol. The highest BCUT2D eigenvalue weighted by molar-refractivity contribution is 5.99. The minimum Gasteiger partial charge on any atom is -0.378 e. The Morgan fingerprint density at radius 3 is 2.35 bits per heavy atom. The molecule has 1 aliphatic heterocycles. The molecule has 6 heteroatoms. The van der Waals surface area contributed by atoms with Crippen LogP contribution in [0.1, 0.15) is 10.4 Å². The molecule has 1 fully saturated rings. The molecule has 26 heavy (non-hydrogen) atoms. The summed E-state index contributed by atoms with van der Waals surface area (Å²) < 4.78 is 5.35. The quantitative estimate of drug-likeness (QED) is 0.895. The molecule has 0 spiro atoms. The Balaban J connectivity index is 1.53. The van der Waals surface area contributed by atoms with Gasteiger partial charge in [-0.2, -0.15) is 0 Å². The van der Waals surface area contributed by atoms with Gasteiger partial charge in [0.1, 0.15) is 0 Å². The van der Waals surface area contributed by atoms with E-state index in [0.717, 1.165) is 32.0 Å². The van der Waals surface area contributed by atoms with Crippen LogP contribution >= 0.6 is 0 Å². The van der Waals surface area contributed by atoms with Gasteiger partial charge in [-0.25, -0.2) is 0 Å². The van der Waals surface area contributed by atoms with Gasteiger partial charge in [0.25, 0.3) is 5.91 Å². The zero-order chi connectivity index (χ0) is 18.4. The monoisotopic (exact) mass is 353 g/mol. The summed E-state index contributed by atoms with van der Waals surface area (Å²) in [6, 6.07) is 16.7. The molecule has 0 aliphatic carbocycles. The summed E-state index contributed by atoms with van der Waals surface area (Å²) in [7, 11) is 1.62. The van der Waals surface area contributed by atoms with Gasteiger partial charge in [0.15, 0.2) is 0 Å². The number of nitrogens with one attached hydrogen (secondary N) is 1. The molecule has 1 aliphatic rings. The number of ether oxygens (including phenoxy) is 1. The molecule has 0 aromatic heterocycles. The third kappa shape index (κ3) is 4.61. The van der Waals surface area contributed by atoms with Crippen molar-refractivity contribution >= 4 is 23.2 Å². The van der Waals surface area contributed by atoms with Gasteiger partial charge in [-0.15, -0.1) is 0 Å². The lowest BCUT2D eigenvalue weighted by Gasteiger charge is -2.28. The second-order valence-corrected chi connectivity index (χ2v) is 6.22. The SMILES string of the molecule is CN(CC(=O)Nc1ccc(N2CCOCC2)cc1)C(=O)c1ccccc1. The molecule has 0 saturated carbocycles. The first-order chi connectivity index (χ1) is 12.6. The van der Waals surface area contributed by atoms with Crippen molar-refractivity contribution in [2.75, 3.05) is 50.1 Å². The summed E-state index contributed by atoms with van der Waals surface area (Å²) in [6.45, 7) is 3.22. The summed E-state index contributed by atoms with van der Waals surface area (Å²) in [4.78, 5) is 28.2. The van der Waals surface area contributed by atoms with E-state index in [1.807, 2.05) is 30.3 Å². The van der Waals surface area contributed by atoms with E-state index >= 15 is 0 Å². The summed E-state index contributed by atoms with van der Waals surface area (Å²) in [5.41, 5.74) is 2.40. The van der Waals surface area contributed by atoms with E-state index < -0.39 is 0 Å². The van der Waals surface area contributed by atoms with Crippen LogP contribution in [0.2, 0.25) is 0 Å². The Morgan fingerprint density at radius 2 is 1.69 bits per heavy atom. The third-order valence-corrected chi connectivity index (χ3v) is 4.28. The van der Waals surface area contributed by atoms with Gasteiger partial charge in [-0.3, -0.25) is 9.59 Å². The maximum atomic E-state index is 12.3. The van der Waals surface area contributed by atoms with Gasteiger partial charge in [0, 0.05) is 37.1 Å². The van der Waals surface area contributed by atoms with Gasteiger partial charge >= 0.3 is 0 Å². The number of nitrogens with zero attached hydrogens (tertiary/aromatic N) is 2. The second-order valence-electron chi connectivity index (χ2n) is 6.22. The maximum Gasteiger partial charge on any atom is 0.254 e. The summed E-state index contributed by atoms with van der Waals surface area (Å²) in [6.07, 6.45) is 0. The van der Waals surface area contributed by atoms with Gasteiger partial charge in [0.05, 0.1) is 19.8 Å². The van der Waals surface area contributed by atoms with Gasteiger partial charge in [-0.05, 0) is 36.4 Å². The van der Waals surface area contributed by atoms with Crippen molar-refractivity contribution in [2.24, 2.45) is 0 Å². The zero-order valence-electron chi connectivity index (χ0n) is 14.9. The number of carbonyl (C=O) groups excluding carboxylic acids is 2. The Hall–Kier alpha value is -2.86. The maximum absolute atomic E-state index is 12.3. The summed E-state index contributed by atoms with van der Waals surface area (Å²) in [5.74, 6) is -0.403. The Labute approximate surface area is 153 Å². The number of likely N-dealkylation sites (N-methyl/N-ethyl adjacent to an activating group) is 1. The van der Waals surface area contributed by atoms with Gasteiger partial charge in [-0.1, -0.05) is 18.2 Å². The van der Waals surface area contributed by atoms with E-state index in [1.54, 1.807) is 31.3 Å². The number of rotatable bonds is 5. The number of benzene rings is 2. The first kappa shape index (κ1) is 17.9. The van der Waals surface area contributed by atoms with Crippen LogP contribution in [0.4, 0.5) is 11.4 Å². The molecule has 1 saturated heterocycles. The van der Waals surface area contributed by atoms with Gasteiger partial charge < -0.3 is 19.9 Å². The van der Waals surface area contributed by atoms with Crippen molar-refractivity contribution in [3.05, 3.63) is 60.2 Å². The fourth-order valence-electron chi connectivity index (χ4n) is 2.87. The van der Waals surface area contributed by atoms with Crippen LogP contribution in [-0.2, 0) is 9.53 Å². The highest BCUT2D eigenvalue weighted by atomic mass is 16.5. The number of carbonyl (C=O) groups is 2. The van der Waals surface area contributed by atoms with Crippen LogP contribution in [0.3, 0.4) is 0 Å². The summed E-state index contributed by atoms with van der Waals surface area (Å²) >= 11 is 0. The van der Waals surface area contributed by atoms with Crippen LogP contribution in [-0.4, -0.2) is 56.6 Å². The van der Waals surface area contributed by atoms with E-state index in [1.165, 1.54) is 4.90 Å². The van der Waals surface area contributed by atoms with Crippen molar-refractivity contribution in [2.45, 2.75) is 0 Å². The largest absolute Gasteiger partial charge is 0.378 e. The molecule has 0 atom stereocenters. The van der Waals surface area contributed by atoms with Crippen molar-refractivity contribution in [3.8, 4) is 0 Å². The normalized spacial score (nSPS) is 14.0. The zero-order valence-corrected chi connectivity index (χ0v) is 14.9. The molecule has 136 valence electrons. The minimum absolute atomic E-state index is 0.00105. The predicted octanol–water partition coefficient (Wildman–Crippen LogP) is 2.23. The third-order valence-electron chi connectivity index (χ3n) is 4.28. The average Bonchev–Trinajstić information content (AvgIpc) is 2.69. The lowest BCUT2D eigenvalue weighted by atomic mass is 10.2. The Bertz CT molecular complexity index is 741. The fourth-order valence-corrected chi connectivity index (χ4v) is 2.87. The minimum atomic E-state index is -0.226. The molecule has 0 bridgehead atoms. The van der Waals surface area contributed by atoms with Crippen molar-refractivity contribution in [1.82, 2.24) is 4.90 Å². The van der Waals surface area contributed by atoms with E-state index in [4.69, 9.17) is 4.74 Å². The number of amides is 2. The molecule has 1 N–H and O–H groups in total. The summed E-state index contributed by atoms with van der Waals surface area (Å²) in [5, 5.41) is 2.83. The van der Waals surface area contributed by atoms with E-state index in [9.17, 15) is 9.59 Å². The molecule has 2 amide bonds. The predicted molar refractivity (Wildman–Crippen MR) is 102 cm³/mol. The molecule has 2 aromatic rings. The first-order valence-electron chi connectivity index (χ1n) is 8.66. The lowest BCUT2D eigenvalue weighted by Crippen LogP contribution is -2.36. The Kier molecular flexibility index (Phi) is 5.86. The van der Waals surface area contributed by atoms with Crippen molar-refractivity contribution in [1.29, 1.82) is 0 Å². The second kappa shape index (κ2) is 8.49. The molecule has 2 aromatic carbocycles. The highest BCUT2D eigenvalue weighted by Crippen LogP contribution is 2.19. The van der Waals surface area contributed by atoms with Crippen LogP contribution < -0.4 is 10.2 Å². The van der Waals surface area contributed by atoms with Crippen LogP contribution in [0.15, 0.2) is 54.6 Å². The standard InChI is InChI=1S/C20H23N3O3/c1-22(20(25)16-5-3-2-4-6-16)15-19(24)21-17-7-9-18(10-8-17)23-11-13-26-14-12-23/h2-10H,11-15H2,1H3,(H,21,24). The molecule has 0 radical (unpaired) electrons. The van der Waals surface area contributed by atoms with Gasteiger partial charge in [0.2, 0.25) is 5.91 Å². The Morgan fingerprint density at radius 1 is 1.04 bits per heavy atom. The van der Waals surface area contributed by atoms with Crippen molar-refractivity contribution < 1.29 is 14.3 Å². The average molecular weight is 353 g/mol. The number of hydrogen-bond donors (Lipinski definition) is 1. The smallest absolute Gasteiger partial charge is 0.254 e. The number of morpholine rings is 1. The molecule has 1 heterocycles.